The zero-order valence-electron chi connectivity index (χ0n) is 11.7. The molecule has 0 unspecified atom stereocenters. The fourth-order valence-corrected chi connectivity index (χ4v) is 2.24. The number of hydrogen-bond donors (Lipinski definition) is 1. The van der Waals surface area contributed by atoms with Gasteiger partial charge in [0.1, 0.15) is 16.8 Å². The number of anilines is 1. The molecule has 1 N–H and O–H groups in total. The number of rotatable bonds is 6. The number of para-hydroxylation sites is 2. The van der Waals surface area contributed by atoms with Crippen molar-refractivity contribution in [1.29, 1.82) is 0 Å². The molecule has 9 heteroatoms. The Balaban J connectivity index is 2.07. The molecule has 0 saturated heterocycles. The van der Waals surface area contributed by atoms with Gasteiger partial charge in [-0.05, 0) is 39.9 Å². The smallest absolute Gasteiger partial charge is 0.404 e. The van der Waals surface area contributed by atoms with Gasteiger partial charge in [0.05, 0.1) is 23.6 Å². The van der Waals surface area contributed by atoms with Crippen LogP contribution in [0.25, 0.3) is 0 Å². The van der Waals surface area contributed by atoms with Crippen LogP contribution in [0.5, 0.6) is 5.75 Å². The molecule has 0 fully saturated rings. The molecule has 2 aromatic rings. The Morgan fingerprint density at radius 3 is 2.86 bits per heavy atom. The van der Waals surface area contributed by atoms with E-state index in [1.54, 1.807) is 24.3 Å². The highest BCUT2D eigenvalue weighted by molar-refractivity contribution is 9.10. The van der Waals surface area contributed by atoms with Crippen LogP contribution < -0.4 is 10.1 Å². The Kier molecular flexibility index (Phi) is 5.10. The van der Waals surface area contributed by atoms with E-state index in [0.29, 0.717) is 18.0 Å². The van der Waals surface area contributed by atoms with Gasteiger partial charge in [0.15, 0.2) is 0 Å². The summed E-state index contributed by atoms with van der Waals surface area (Å²) < 4.78 is 6.83. The summed E-state index contributed by atoms with van der Waals surface area (Å²) in [5.41, 5.74) is 0.537. The summed E-state index contributed by atoms with van der Waals surface area (Å²) in [5, 5.41) is 17.1. The Morgan fingerprint density at radius 1 is 1.50 bits per heavy atom. The summed E-state index contributed by atoms with van der Waals surface area (Å²) in [6, 6.07) is 7.03. The van der Waals surface area contributed by atoms with Crippen molar-refractivity contribution in [2.24, 2.45) is 0 Å². The molecule has 1 aromatic carbocycles. The molecule has 0 aliphatic rings. The van der Waals surface area contributed by atoms with Crippen LogP contribution in [0.4, 0.5) is 11.5 Å². The van der Waals surface area contributed by atoms with E-state index in [1.807, 2.05) is 6.92 Å². The van der Waals surface area contributed by atoms with E-state index < -0.39 is 4.92 Å². The van der Waals surface area contributed by atoms with Crippen LogP contribution in [0.3, 0.4) is 0 Å². The van der Waals surface area contributed by atoms with Gasteiger partial charge in [-0.3, -0.25) is 4.79 Å². The van der Waals surface area contributed by atoms with Crippen LogP contribution in [0.1, 0.15) is 6.92 Å². The van der Waals surface area contributed by atoms with Crippen LogP contribution in [0, 0.1) is 10.1 Å². The van der Waals surface area contributed by atoms with Crippen molar-refractivity contribution in [3.8, 4) is 5.75 Å². The fourth-order valence-electron chi connectivity index (χ4n) is 1.78. The number of halogens is 1. The summed E-state index contributed by atoms with van der Waals surface area (Å²) in [5.74, 6) is -0.134. The quantitative estimate of drug-likeness (QED) is 0.623. The number of amides is 1. The Hall–Kier alpha value is -2.42. The van der Waals surface area contributed by atoms with E-state index in [2.05, 4.69) is 26.3 Å². The fraction of sp³-hybridized carbons (Fsp3) is 0.231. The second-order valence-electron chi connectivity index (χ2n) is 4.23. The van der Waals surface area contributed by atoms with E-state index >= 15 is 0 Å². The Morgan fingerprint density at radius 2 is 2.23 bits per heavy atom. The SMILES string of the molecule is CCOc1ccccc1NC(=O)Cn1cc(Br)c([N+](=O)[O-])n1. The lowest BCUT2D eigenvalue weighted by molar-refractivity contribution is -0.390. The van der Waals surface area contributed by atoms with Gasteiger partial charge in [-0.25, -0.2) is 0 Å². The van der Waals surface area contributed by atoms with Gasteiger partial charge in [0.2, 0.25) is 5.91 Å². The highest BCUT2D eigenvalue weighted by atomic mass is 79.9. The first-order valence-corrected chi connectivity index (χ1v) is 7.19. The largest absolute Gasteiger partial charge is 0.492 e. The maximum atomic E-state index is 12.0. The number of carbonyl (C=O) groups is 1. The Labute approximate surface area is 134 Å². The van der Waals surface area contributed by atoms with E-state index in [1.165, 1.54) is 10.9 Å². The lowest BCUT2D eigenvalue weighted by atomic mass is 10.3. The minimum atomic E-state index is -0.622. The lowest BCUT2D eigenvalue weighted by Gasteiger charge is -2.10. The number of aromatic nitrogens is 2. The van der Waals surface area contributed by atoms with Gasteiger partial charge in [-0.1, -0.05) is 12.1 Å². The maximum Gasteiger partial charge on any atom is 0.404 e. The summed E-state index contributed by atoms with van der Waals surface area (Å²) in [6.07, 6.45) is 1.38. The number of ether oxygens (including phenoxy) is 1. The third-order valence-electron chi connectivity index (χ3n) is 2.64. The van der Waals surface area contributed by atoms with Gasteiger partial charge in [-0.15, -0.1) is 0 Å². The molecule has 22 heavy (non-hydrogen) atoms. The van der Waals surface area contributed by atoms with Crippen molar-refractivity contribution >= 4 is 33.3 Å². The number of hydrogen-bond acceptors (Lipinski definition) is 5. The molecule has 0 atom stereocenters. The minimum absolute atomic E-state index is 0.146. The van der Waals surface area contributed by atoms with Crippen molar-refractivity contribution in [3.05, 3.63) is 45.0 Å². The predicted molar refractivity (Wildman–Crippen MR) is 82.8 cm³/mol. The first kappa shape index (κ1) is 16.0. The van der Waals surface area contributed by atoms with Crippen molar-refractivity contribution in [3.63, 3.8) is 0 Å². The van der Waals surface area contributed by atoms with Crippen LogP contribution in [-0.2, 0) is 11.3 Å². The number of nitro groups is 1. The van der Waals surface area contributed by atoms with Crippen molar-refractivity contribution < 1.29 is 14.5 Å². The van der Waals surface area contributed by atoms with E-state index in [0.717, 1.165) is 0 Å². The van der Waals surface area contributed by atoms with Crippen LogP contribution in [0.2, 0.25) is 0 Å². The van der Waals surface area contributed by atoms with Gasteiger partial charge in [0, 0.05) is 0 Å². The van der Waals surface area contributed by atoms with Crippen molar-refractivity contribution in [2.45, 2.75) is 13.5 Å². The molecule has 0 aliphatic carbocycles. The average molecular weight is 369 g/mol. The summed E-state index contributed by atoms with van der Waals surface area (Å²) in [6.45, 7) is 2.18. The zero-order chi connectivity index (χ0) is 16.1. The Bertz CT molecular complexity index is 701. The molecule has 2 rings (SSSR count). The van der Waals surface area contributed by atoms with Gasteiger partial charge in [-0.2, -0.15) is 4.68 Å². The first-order chi connectivity index (χ1) is 10.5. The van der Waals surface area contributed by atoms with E-state index in [9.17, 15) is 14.9 Å². The maximum absolute atomic E-state index is 12.0. The molecule has 0 bridgehead atoms. The third-order valence-corrected chi connectivity index (χ3v) is 3.20. The minimum Gasteiger partial charge on any atom is -0.492 e. The van der Waals surface area contributed by atoms with Gasteiger partial charge >= 0.3 is 5.82 Å². The topological polar surface area (TPSA) is 99.3 Å². The summed E-state index contributed by atoms with van der Waals surface area (Å²) in [7, 11) is 0. The first-order valence-electron chi connectivity index (χ1n) is 6.40. The number of carbonyl (C=O) groups excluding carboxylic acids is 1. The number of nitrogens with zero attached hydrogens (tertiary/aromatic N) is 3. The molecular formula is C13H13BrN4O4. The van der Waals surface area contributed by atoms with E-state index in [-0.39, 0.29) is 22.7 Å². The van der Waals surface area contributed by atoms with Crippen LogP contribution >= 0.6 is 15.9 Å². The monoisotopic (exact) mass is 368 g/mol. The molecule has 0 saturated carbocycles. The standard InChI is InChI=1S/C13H13BrN4O4/c1-2-22-11-6-4-3-5-10(11)15-12(19)8-17-7-9(14)13(16-17)18(20)21/h3-7H,2,8H2,1H3,(H,15,19). The molecule has 1 heterocycles. The molecule has 0 radical (unpaired) electrons. The average Bonchev–Trinajstić information content (AvgIpc) is 2.82. The van der Waals surface area contributed by atoms with E-state index in [4.69, 9.17) is 4.74 Å². The van der Waals surface area contributed by atoms with Crippen molar-refractivity contribution in [1.82, 2.24) is 9.78 Å². The third kappa shape index (κ3) is 3.82. The highest BCUT2D eigenvalue weighted by Crippen LogP contribution is 2.24. The van der Waals surface area contributed by atoms with Crippen LogP contribution in [-0.4, -0.2) is 27.2 Å². The molecule has 1 aromatic heterocycles. The molecule has 0 spiro atoms. The molecule has 8 nitrogen and oxygen atoms in total. The highest BCUT2D eigenvalue weighted by Gasteiger charge is 2.20. The molecule has 116 valence electrons. The van der Waals surface area contributed by atoms with Gasteiger partial charge < -0.3 is 20.2 Å². The van der Waals surface area contributed by atoms with Crippen molar-refractivity contribution in [2.75, 3.05) is 11.9 Å². The normalized spacial score (nSPS) is 10.3. The second kappa shape index (κ2) is 7.03. The van der Waals surface area contributed by atoms with Crippen LogP contribution in [0.15, 0.2) is 34.9 Å². The van der Waals surface area contributed by atoms with Gasteiger partial charge in [0.25, 0.3) is 0 Å². The summed E-state index contributed by atoms with van der Waals surface area (Å²) >= 11 is 3.03. The number of nitrogens with one attached hydrogen (secondary N) is 1. The predicted octanol–water partition coefficient (Wildman–Crippen LogP) is 2.59. The molecule has 1 amide bonds. The summed E-state index contributed by atoms with van der Waals surface area (Å²) in [4.78, 5) is 22.1. The number of benzene rings is 1. The molecule has 0 aliphatic heterocycles. The molecular weight excluding hydrogens is 356 g/mol. The second-order valence-corrected chi connectivity index (χ2v) is 5.09. The zero-order valence-corrected chi connectivity index (χ0v) is 13.2. The lowest BCUT2D eigenvalue weighted by Crippen LogP contribution is -2.19.